The van der Waals surface area contributed by atoms with Gasteiger partial charge in [-0.2, -0.15) is 13.1 Å². The third-order valence-electron chi connectivity index (χ3n) is 7.40. The number of pyridine rings is 1. The molecule has 2 aromatic carbocycles. The van der Waals surface area contributed by atoms with Gasteiger partial charge in [0.25, 0.3) is 0 Å². The van der Waals surface area contributed by atoms with Crippen LogP contribution in [0.4, 0.5) is 8.78 Å². The molecule has 0 bridgehead atoms. The highest BCUT2D eigenvalue weighted by atomic mass is 35.5. The molecular formula is C30H30Cl2F2N2O6S. The van der Waals surface area contributed by atoms with Gasteiger partial charge in [-0.3, -0.25) is 9.78 Å². The lowest BCUT2D eigenvalue weighted by atomic mass is 10.0. The van der Waals surface area contributed by atoms with Gasteiger partial charge in [0.15, 0.2) is 11.5 Å². The Kier molecular flexibility index (Phi) is 10.1. The van der Waals surface area contributed by atoms with E-state index in [2.05, 4.69) is 9.72 Å². The summed E-state index contributed by atoms with van der Waals surface area (Å²) in [5, 5.41) is 0.477. The van der Waals surface area contributed by atoms with Gasteiger partial charge in [0.2, 0.25) is 10.0 Å². The number of aromatic nitrogens is 1. The first-order valence-corrected chi connectivity index (χ1v) is 16.1. The van der Waals surface area contributed by atoms with Crippen LogP contribution in [0.1, 0.15) is 49.3 Å². The van der Waals surface area contributed by atoms with Crippen molar-refractivity contribution in [3.8, 4) is 11.5 Å². The van der Waals surface area contributed by atoms with Crippen molar-refractivity contribution in [1.82, 2.24) is 9.29 Å². The molecule has 2 fully saturated rings. The fraction of sp³-hybridized carbons (Fsp3) is 0.400. The van der Waals surface area contributed by atoms with E-state index < -0.39 is 34.7 Å². The molecule has 2 atom stereocenters. The minimum absolute atomic E-state index is 0.00119. The van der Waals surface area contributed by atoms with Crippen molar-refractivity contribution in [3.63, 3.8) is 0 Å². The summed E-state index contributed by atoms with van der Waals surface area (Å²) in [6.07, 6.45) is 5.23. The molecule has 230 valence electrons. The van der Waals surface area contributed by atoms with Crippen LogP contribution in [0.25, 0.3) is 0 Å². The molecule has 1 saturated heterocycles. The minimum atomic E-state index is -3.99. The molecule has 0 N–H and O–H groups in total. The molecule has 5 rings (SSSR count). The van der Waals surface area contributed by atoms with Crippen LogP contribution >= 0.6 is 23.2 Å². The molecule has 0 spiro atoms. The quantitative estimate of drug-likeness (QED) is 0.197. The highest BCUT2D eigenvalue weighted by molar-refractivity contribution is 7.89. The van der Waals surface area contributed by atoms with Gasteiger partial charge < -0.3 is 14.2 Å². The highest BCUT2D eigenvalue weighted by Gasteiger charge is 2.40. The van der Waals surface area contributed by atoms with Crippen LogP contribution in [-0.2, 0) is 26.0 Å². The van der Waals surface area contributed by atoms with E-state index in [-0.39, 0.29) is 45.8 Å². The van der Waals surface area contributed by atoms with Gasteiger partial charge in [-0.1, -0.05) is 47.5 Å². The van der Waals surface area contributed by atoms with Crippen molar-refractivity contribution in [1.29, 1.82) is 0 Å². The second-order valence-electron chi connectivity index (χ2n) is 10.5. The third kappa shape index (κ3) is 7.75. The van der Waals surface area contributed by atoms with E-state index >= 15 is 0 Å². The topological polar surface area (TPSA) is 95.0 Å². The fourth-order valence-corrected chi connectivity index (χ4v) is 7.13. The van der Waals surface area contributed by atoms with Gasteiger partial charge >= 0.3 is 12.6 Å². The van der Waals surface area contributed by atoms with Crippen molar-refractivity contribution in [2.45, 2.75) is 62.2 Å². The number of nitrogens with zero attached hydrogens (tertiary/aromatic N) is 2. The number of sulfonamides is 1. The Morgan fingerprint density at radius 3 is 2.40 bits per heavy atom. The Labute approximate surface area is 258 Å². The molecule has 2 unspecified atom stereocenters. The van der Waals surface area contributed by atoms with Crippen molar-refractivity contribution >= 4 is 39.2 Å². The number of ether oxygens (including phenoxy) is 3. The maximum atomic E-state index is 13.8. The van der Waals surface area contributed by atoms with Gasteiger partial charge in [-0.25, -0.2) is 8.42 Å². The Morgan fingerprint density at radius 2 is 1.72 bits per heavy atom. The van der Waals surface area contributed by atoms with E-state index in [1.54, 1.807) is 18.2 Å². The molecule has 0 amide bonds. The molecule has 8 nitrogen and oxygen atoms in total. The standard InChI is InChI=1S/C30H30Cl2F2N2O6S/c31-23-16-35-17-24(32)22(23)15-27(20-11-12-26(42-30(33)34)28(14-20)40-18-19-9-10-19)41-29(37)25-8-4-5-13-36(25)43(38,39)21-6-2-1-3-7-21/h1-3,6-7,11-12,14,16-17,19,25,27,30H,4-5,8-10,13,15,18H2. The van der Waals surface area contributed by atoms with Crippen molar-refractivity contribution in [3.05, 3.63) is 82.1 Å². The van der Waals surface area contributed by atoms with Gasteiger partial charge in [-0.15, -0.1) is 0 Å². The zero-order valence-corrected chi connectivity index (χ0v) is 25.3. The number of hydrogen-bond donors (Lipinski definition) is 0. The summed E-state index contributed by atoms with van der Waals surface area (Å²) in [4.78, 5) is 17.8. The first kappa shape index (κ1) is 31.4. The molecule has 1 aliphatic heterocycles. The summed E-state index contributed by atoms with van der Waals surface area (Å²) >= 11 is 12.8. The molecule has 1 saturated carbocycles. The van der Waals surface area contributed by atoms with E-state index in [4.69, 9.17) is 32.7 Å². The van der Waals surface area contributed by atoms with Crippen LogP contribution in [0.15, 0.2) is 65.8 Å². The number of halogens is 4. The molecule has 0 radical (unpaired) electrons. The Hall–Kier alpha value is -2.99. The van der Waals surface area contributed by atoms with Gasteiger partial charge in [0, 0.05) is 25.4 Å². The molecule has 3 aromatic rings. The number of carbonyl (C=O) groups excluding carboxylic acids is 1. The van der Waals surface area contributed by atoms with Crippen LogP contribution in [0, 0.1) is 5.92 Å². The number of alkyl halides is 2. The lowest BCUT2D eigenvalue weighted by Gasteiger charge is -2.34. The normalized spacial score (nSPS) is 18.3. The van der Waals surface area contributed by atoms with E-state index in [9.17, 15) is 22.0 Å². The summed E-state index contributed by atoms with van der Waals surface area (Å²) in [5.41, 5.74) is 0.847. The second-order valence-corrected chi connectivity index (χ2v) is 13.2. The second kappa shape index (κ2) is 13.8. The largest absolute Gasteiger partial charge is 0.489 e. The average Bonchev–Trinajstić information content (AvgIpc) is 3.83. The number of esters is 1. The predicted molar refractivity (Wildman–Crippen MR) is 156 cm³/mol. The zero-order chi connectivity index (χ0) is 30.6. The maximum Gasteiger partial charge on any atom is 0.387 e. The monoisotopic (exact) mass is 654 g/mol. The van der Waals surface area contributed by atoms with Crippen molar-refractivity contribution in [2.24, 2.45) is 5.92 Å². The fourth-order valence-electron chi connectivity index (χ4n) is 4.94. The van der Waals surface area contributed by atoms with E-state index in [1.807, 2.05) is 0 Å². The molecule has 2 heterocycles. The minimum Gasteiger partial charge on any atom is -0.489 e. The van der Waals surface area contributed by atoms with Crippen molar-refractivity contribution < 1.29 is 36.2 Å². The Morgan fingerprint density at radius 1 is 1.00 bits per heavy atom. The Balaban J connectivity index is 1.47. The Bertz CT molecular complexity index is 1520. The first-order chi connectivity index (χ1) is 20.6. The summed E-state index contributed by atoms with van der Waals surface area (Å²) < 4.78 is 71.1. The molecule has 1 aliphatic carbocycles. The lowest BCUT2D eigenvalue weighted by Crippen LogP contribution is -2.48. The molecule has 13 heteroatoms. The van der Waals surface area contributed by atoms with Gasteiger partial charge in [-0.05, 0) is 73.4 Å². The molecule has 2 aliphatic rings. The summed E-state index contributed by atoms with van der Waals surface area (Å²) in [7, 11) is -3.99. The van der Waals surface area contributed by atoms with Gasteiger partial charge in [0.05, 0.1) is 21.5 Å². The predicted octanol–water partition coefficient (Wildman–Crippen LogP) is 6.85. The summed E-state index contributed by atoms with van der Waals surface area (Å²) in [6, 6.07) is 11.1. The number of hydrogen-bond acceptors (Lipinski definition) is 7. The maximum absolute atomic E-state index is 13.8. The average molecular weight is 656 g/mol. The highest BCUT2D eigenvalue weighted by Crippen LogP contribution is 2.38. The van der Waals surface area contributed by atoms with E-state index in [1.165, 1.54) is 47.0 Å². The smallest absolute Gasteiger partial charge is 0.387 e. The van der Waals surface area contributed by atoms with Crippen LogP contribution in [0.3, 0.4) is 0 Å². The van der Waals surface area contributed by atoms with Crippen LogP contribution < -0.4 is 9.47 Å². The summed E-state index contributed by atoms with van der Waals surface area (Å²) in [5.74, 6) is -0.505. The number of benzene rings is 2. The molecule has 43 heavy (non-hydrogen) atoms. The lowest BCUT2D eigenvalue weighted by molar-refractivity contribution is -0.155. The van der Waals surface area contributed by atoms with Crippen molar-refractivity contribution in [2.75, 3.05) is 13.2 Å². The van der Waals surface area contributed by atoms with E-state index in [0.29, 0.717) is 36.5 Å². The molecular weight excluding hydrogens is 625 g/mol. The van der Waals surface area contributed by atoms with E-state index in [0.717, 1.165) is 12.8 Å². The molecule has 1 aromatic heterocycles. The summed E-state index contributed by atoms with van der Waals surface area (Å²) in [6.45, 7) is -2.59. The van der Waals surface area contributed by atoms with Gasteiger partial charge in [0.1, 0.15) is 12.1 Å². The third-order valence-corrected chi connectivity index (χ3v) is 9.98. The van der Waals surface area contributed by atoms with Crippen LogP contribution in [-0.4, -0.2) is 49.5 Å². The number of carbonyl (C=O) groups is 1. The SMILES string of the molecule is O=C(OC(Cc1c(Cl)cncc1Cl)c1ccc(OC(F)F)c(OCC2CC2)c1)C1CCCCN1S(=O)(=O)c1ccccc1. The number of piperidine rings is 1. The first-order valence-electron chi connectivity index (χ1n) is 13.9. The zero-order valence-electron chi connectivity index (χ0n) is 23.0. The van der Waals surface area contributed by atoms with Crippen LogP contribution in [0.2, 0.25) is 10.0 Å². The number of rotatable bonds is 12. The van der Waals surface area contributed by atoms with Crippen LogP contribution in [0.5, 0.6) is 11.5 Å².